The summed E-state index contributed by atoms with van der Waals surface area (Å²) in [5, 5.41) is 8.86. The number of halogens is 2. The molecule has 0 amide bonds. The van der Waals surface area contributed by atoms with Crippen LogP contribution in [0.5, 0.6) is 0 Å². The van der Waals surface area contributed by atoms with Crippen molar-refractivity contribution in [2.75, 3.05) is 0 Å². The molecule has 0 unspecified atom stereocenters. The molecule has 0 atom stereocenters. The average Bonchev–Trinajstić information content (AvgIpc) is 2.21. The van der Waals surface area contributed by atoms with Crippen molar-refractivity contribution in [3.63, 3.8) is 0 Å². The molecule has 1 aromatic heterocycles. The normalized spacial score (nSPS) is 10.7. The minimum atomic E-state index is -1.43. The van der Waals surface area contributed by atoms with Gasteiger partial charge in [-0.05, 0) is 13.0 Å². The van der Waals surface area contributed by atoms with E-state index in [0.29, 0.717) is 0 Å². The second-order valence-electron chi connectivity index (χ2n) is 3.33. The number of nitrogens with zero attached hydrogens (tertiary/aromatic N) is 1. The maximum atomic E-state index is 13.5. The Bertz CT molecular complexity index is 596. The summed E-state index contributed by atoms with van der Waals surface area (Å²) in [6, 6.07) is 3.80. The molecule has 0 saturated heterocycles. The Hall–Kier alpha value is -2.04. The van der Waals surface area contributed by atoms with E-state index in [9.17, 15) is 13.6 Å². The number of fused-ring (bicyclic) bond motifs is 1. The Labute approximate surface area is 89.3 Å². The van der Waals surface area contributed by atoms with Crippen molar-refractivity contribution >= 4 is 16.9 Å². The molecule has 2 rings (SSSR count). The largest absolute Gasteiger partial charge is 0.478 e. The summed E-state index contributed by atoms with van der Waals surface area (Å²) in [4.78, 5) is 14.6. The number of aromatic carboxylic acids is 1. The van der Waals surface area contributed by atoms with Crippen LogP contribution in [0.2, 0.25) is 0 Å². The Morgan fingerprint density at radius 2 is 2.06 bits per heavy atom. The van der Waals surface area contributed by atoms with Gasteiger partial charge in [-0.3, -0.25) is 0 Å². The topological polar surface area (TPSA) is 50.2 Å². The number of hydrogen-bond acceptors (Lipinski definition) is 2. The highest BCUT2D eigenvalue weighted by Gasteiger charge is 2.19. The summed E-state index contributed by atoms with van der Waals surface area (Å²) in [5.74, 6) is -3.02. The number of rotatable bonds is 1. The second kappa shape index (κ2) is 3.52. The van der Waals surface area contributed by atoms with Gasteiger partial charge in [-0.25, -0.2) is 18.6 Å². The second-order valence-corrected chi connectivity index (χ2v) is 3.33. The van der Waals surface area contributed by atoms with Crippen LogP contribution in [0.4, 0.5) is 8.78 Å². The van der Waals surface area contributed by atoms with Gasteiger partial charge in [0, 0.05) is 5.39 Å². The minimum absolute atomic E-state index is 0.0319. The Morgan fingerprint density at radius 3 is 2.69 bits per heavy atom. The van der Waals surface area contributed by atoms with Crippen LogP contribution >= 0.6 is 0 Å². The Balaban J connectivity index is 3.00. The first-order valence-electron chi connectivity index (χ1n) is 4.50. The van der Waals surface area contributed by atoms with E-state index in [-0.39, 0.29) is 16.6 Å². The number of carboxylic acids is 1. The highest BCUT2D eigenvalue weighted by atomic mass is 19.1. The number of pyridine rings is 1. The molecule has 3 nitrogen and oxygen atoms in total. The fourth-order valence-corrected chi connectivity index (χ4v) is 1.56. The van der Waals surface area contributed by atoms with Crippen molar-refractivity contribution in [2.45, 2.75) is 6.92 Å². The van der Waals surface area contributed by atoms with Gasteiger partial charge >= 0.3 is 5.97 Å². The van der Waals surface area contributed by atoms with Gasteiger partial charge in [-0.2, -0.15) is 0 Å². The van der Waals surface area contributed by atoms with Gasteiger partial charge in [0.1, 0.15) is 16.9 Å². The van der Waals surface area contributed by atoms with Crippen LogP contribution in [0.1, 0.15) is 16.1 Å². The number of benzene rings is 1. The van der Waals surface area contributed by atoms with Crippen molar-refractivity contribution in [3.05, 3.63) is 41.1 Å². The lowest BCUT2D eigenvalue weighted by atomic mass is 10.1. The Kier molecular flexibility index (Phi) is 2.30. The highest BCUT2D eigenvalue weighted by molar-refractivity contribution is 6.02. The van der Waals surface area contributed by atoms with E-state index in [0.717, 1.165) is 6.07 Å². The molecule has 82 valence electrons. The third-order valence-corrected chi connectivity index (χ3v) is 2.29. The smallest absolute Gasteiger partial charge is 0.339 e. The molecule has 1 N–H and O–H groups in total. The summed E-state index contributed by atoms with van der Waals surface area (Å²) in [7, 11) is 0. The summed E-state index contributed by atoms with van der Waals surface area (Å²) in [6.45, 7) is 1.30. The van der Waals surface area contributed by atoms with E-state index in [1.807, 2.05) is 0 Å². The van der Waals surface area contributed by atoms with Crippen molar-refractivity contribution in [1.29, 1.82) is 0 Å². The van der Waals surface area contributed by atoms with Gasteiger partial charge in [0.15, 0.2) is 5.82 Å². The highest BCUT2D eigenvalue weighted by Crippen LogP contribution is 2.23. The number of carbonyl (C=O) groups is 1. The standard InChI is InChI=1S/C11H7F2NO2/c1-5-9(13)8(11(15)16)6-3-2-4-7(12)10(6)14-5/h2-4H,1H3,(H,15,16). The fraction of sp³-hybridized carbons (Fsp3) is 0.0909. The molecule has 0 aliphatic rings. The summed E-state index contributed by atoms with van der Waals surface area (Å²) in [5.41, 5.74) is -0.796. The van der Waals surface area contributed by atoms with Crippen molar-refractivity contribution in [1.82, 2.24) is 4.98 Å². The first kappa shape index (κ1) is 10.5. The van der Waals surface area contributed by atoms with E-state index in [1.54, 1.807) is 0 Å². The van der Waals surface area contributed by atoms with Crippen molar-refractivity contribution in [2.24, 2.45) is 0 Å². The van der Waals surface area contributed by atoms with Gasteiger partial charge in [-0.1, -0.05) is 12.1 Å². The SMILES string of the molecule is Cc1nc2c(F)cccc2c(C(=O)O)c1F. The van der Waals surface area contributed by atoms with Crippen LogP contribution in [-0.4, -0.2) is 16.1 Å². The summed E-state index contributed by atoms with van der Waals surface area (Å²) in [6.07, 6.45) is 0. The number of aryl methyl sites for hydroxylation is 1. The van der Waals surface area contributed by atoms with Crippen LogP contribution in [0.3, 0.4) is 0 Å². The molecular formula is C11H7F2NO2. The van der Waals surface area contributed by atoms with E-state index < -0.39 is 23.2 Å². The number of para-hydroxylation sites is 1. The minimum Gasteiger partial charge on any atom is -0.478 e. The first-order valence-corrected chi connectivity index (χ1v) is 4.50. The molecule has 2 aromatic rings. The first-order chi connectivity index (χ1) is 7.52. The van der Waals surface area contributed by atoms with E-state index in [4.69, 9.17) is 5.11 Å². The lowest BCUT2D eigenvalue weighted by Crippen LogP contribution is -2.06. The predicted octanol–water partition coefficient (Wildman–Crippen LogP) is 2.52. The van der Waals surface area contributed by atoms with Gasteiger partial charge in [0.25, 0.3) is 0 Å². The zero-order valence-corrected chi connectivity index (χ0v) is 8.29. The van der Waals surface area contributed by atoms with Crippen LogP contribution in [-0.2, 0) is 0 Å². The monoisotopic (exact) mass is 223 g/mol. The van der Waals surface area contributed by atoms with Crippen LogP contribution in [0.25, 0.3) is 10.9 Å². The molecule has 5 heteroatoms. The molecule has 0 bridgehead atoms. The van der Waals surface area contributed by atoms with Crippen molar-refractivity contribution in [3.8, 4) is 0 Å². The zero-order valence-electron chi connectivity index (χ0n) is 8.29. The number of carboxylic acid groups (broad SMARTS) is 1. The number of hydrogen-bond donors (Lipinski definition) is 1. The average molecular weight is 223 g/mol. The quantitative estimate of drug-likeness (QED) is 0.808. The molecule has 0 aliphatic heterocycles. The van der Waals surface area contributed by atoms with E-state index in [2.05, 4.69) is 4.98 Å². The van der Waals surface area contributed by atoms with Gasteiger partial charge < -0.3 is 5.11 Å². The lowest BCUT2D eigenvalue weighted by Gasteiger charge is -2.06. The van der Waals surface area contributed by atoms with E-state index >= 15 is 0 Å². The van der Waals surface area contributed by atoms with Gasteiger partial charge in [-0.15, -0.1) is 0 Å². The molecule has 16 heavy (non-hydrogen) atoms. The van der Waals surface area contributed by atoms with Crippen LogP contribution in [0.15, 0.2) is 18.2 Å². The van der Waals surface area contributed by atoms with Gasteiger partial charge in [0.05, 0.1) is 5.69 Å². The van der Waals surface area contributed by atoms with Crippen LogP contribution < -0.4 is 0 Å². The third-order valence-electron chi connectivity index (χ3n) is 2.29. The number of aromatic nitrogens is 1. The van der Waals surface area contributed by atoms with Crippen LogP contribution in [0, 0.1) is 18.6 Å². The third kappa shape index (κ3) is 1.41. The predicted molar refractivity (Wildman–Crippen MR) is 53.4 cm³/mol. The summed E-state index contributed by atoms with van der Waals surface area (Å²) < 4.78 is 26.9. The fourth-order valence-electron chi connectivity index (χ4n) is 1.56. The molecule has 1 aromatic carbocycles. The van der Waals surface area contributed by atoms with Gasteiger partial charge in [0.2, 0.25) is 0 Å². The zero-order chi connectivity index (χ0) is 11.9. The molecule has 0 aliphatic carbocycles. The van der Waals surface area contributed by atoms with Crippen molar-refractivity contribution < 1.29 is 18.7 Å². The summed E-state index contributed by atoms with van der Waals surface area (Å²) >= 11 is 0. The molecule has 1 heterocycles. The Morgan fingerprint density at radius 1 is 1.38 bits per heavy atom. The maximum Gasteiger partial charge on any atom is 0.339 e. The molecule has 0 spiro atoms. The maximum absolute atomic E-state index is 13.5. The van der Waals surface area contributed by atoms with E-state index in [1.165, 1.54) is 19.1 Å². The molecule has 0 fully saturated rings. The molecule has 0 radical (unpaired) electrons. The molecular weight excluding hydrogens is 216 g/mol. The molecule has 0 saturated carbocycles. The lowest BCUT2D eigenvalue weighted by molar-refractivity contribution is 0.0694.